The van der Waals surface area contributed by atoms with E-state index in [0.717, 1.165) is 48.8 Å². The summed E-state index contributed by atoms with van der Waals surface area (Å²) in [5.41, 5.74) is 9.71. The summed E-state index contributed by atoms with van der Waals surface area (Å²) >= 11 is 0. The number of carbonyl (C=O) groups excluding carboxylic acids is 1. The van der Waals surface area contributed by atoms with Gasteiger partial charge in [-0.05, 0) is 25.5 Å². The predicted octanol–water partition coefficient (Wildman–Crippen LogP) is 2.54. The first kappa shape index (κ1) is 14.7. The summed E-state index contributed by atoms with van der Waals surface area (Å²) in [6, 6.07) is 9.88. The fourth-order valence-electron chi connectivity index (χ4n) is 2.83. The van der Waals surface area contributed by atoms with E-state index in [9.17, 15) is 4.79 Å². The first-order valence-electron chi connectivity index (χ1n) is 7.55. The Hall–Kier alpha value is -2.27. The van der Waals surface area contributed by atoms with Gasteiger partial charge in [0.15, 0.2) is 0 Å². The molecule has 5 heteroatoms. The number of nitrogens with one attached hydrogen (secondary N) is 2. The highest BCUT2D eigenvalue weighted by atomic mass is 16.5. The third-order valence-corrected chi connectivity index (χ3v) is 4.10. The zero-order valence-corrected chi connectivity index (χ0v) is 12.7. The molecule has 4 N–H and O–H groups in total. The minimum absolute atomic E-state index is 0.409. The zero-order valence-electron chi connectivity index (χ0n) is 12.7. The van der Waals surface area contributed by atoms with E-state index in [0.29, 0.717) is 11.5 Å². The van der Waals surface area contributed by atoms with Gasteiger partial charge in [-0.3, -0.25) is 4.79 Å². The predicted molar refractivity (Wildman–Crippen MR) is 86.9 cm³/mol. The van der Waals surface area contributed by atoms with Gasteiger partial charge in [0.25, 0.3) is 5.91 Å². The molecular formula is C17H21N3O2. The van der Waals surface area contributed by atoms with Gasteiger partial charge in [-0.25, -0.2) is 0 Å². The fourth-order valence-corrected chi connectivity index (χ4v) is 2.83. The number of aryl methyl sites for hydroxylation is 1. The van der Waals surface area contributed by atoms with Crippen LogP contribution in [-0.4, -0.2) is 30.6 Å². The summed E-state index contributed by atoms with van der Waals surface area (Å²) in [6.45, 7) is 4.42. The second kappa shape index (κ2) is 6.23. The molecular weight excluding hydrogens is 278 g/mol. The Bertz CT molecular complexity index is 672. The second-order valence-corrected chi connectivity index (χ2v) is 5.74. The van der Waals surface area contributed by atoms with Crippen LogP contribution in [0.25, 0.3) is 11.3 Å². The highest BCUT2D eigenvalue weighted by molar-refractivity contribution is 5.96. The minimum Gasteiger partial charge on any atom is -0.384 e. The molecule has 1 aliphatic rings. The van der Waals surface area contributed by atoms with E-state index < -0.39 is 5.91 Å². The lowest BCUT2D eigenvalue weighted by molar-refractivity contribution is 0.1000. The standard InChI is InChI=1S/C17H21N3O2/c1-11-14(17(18)21)8-16(20-11)13-4-2-3-5-15(13)19-9-12-6-7-22-10-12/h2-5,8,12,19-20H,6-7,9-10H2,1H3,(H2,18,21). The van der Waals surface area contributed by atoms with Crippen molar-refractivity contribution in [1.82, 2.24) is 4.98 Å². The van der Waals surface area contributed by atoms with Gasteiger partial charge in [-0.2, -0.15) is 0 Å². The number of ether oxygens (including phenoxy) is 1. The molecule has 1 amide bonds. The van der Waals surface area contributed by atoms with Crippen molar-refractivity contribution in [2.24, 2.45) is 11.7 Å². The van der Waals surface area contributed by atoms with E-state index >= 15 is 0 Å². The first-order valence-corrected chi connectivity index (χ1v) is 7.55. The Balaban J connectivity index is 1.84. The van der Waals surface area contributed by atoms with Crippen molar-refractivity contribution >= 4 is 11.6 Å². The molecule has 0 spiro atoms. The highest BCUT2D eigenvalue weighted by Crippen LogP contribution is 2.29. The average molecular weight is 299 g/mol. The van der Waals surface area contributed by atoms with Crippen LogP contribution < -0.4 is 11.1 Å². The lowest BCUT2D eigenvalue weighted by atomic mass is 10.1. The topological polar surface area (TPSA) is 80.1 Å². The van der Waals surface area contributed by atoms with Crippen molar-refractivity contribution in [1.29, 1.82) is 0 Å². The monoisotopic (exact) mass is 299 g/mol. The molecule has 22 heavy (non-hydrogen) atoms. The Kier molecular flexibility index (Phi) is 4.15. The molecule has 0 bridgehead atoms. The summed E-state index contributed by atoms with van der Waals surface area (Å²) in [7, 11) is 0. The molecule has 0 aliphatic carbocycles. The number of primary amides is 1. The first-order chi connectivity index (χ1) is 10.6. The molecule has 1 atom stereocenters. The van der Waals surface area contributed by atoms with Gasteiger partial charge in [0, 0.05) is 41.7 Å². The lowest BCUT2D eigenvalue weighted by Crippen LogP contribution is -2.14. The van der Waals surface area contributed by atoms with Crippen LogP contribution in [0.1, 0.15) is 22.5 Å². The van der Waals surface area contributed by atoms with Gasteiger partial charge < -0.3 is 20.8 Å². The van der Waals surface area contributed by atoms with Crippen LogP contribution in [0.3, 0.4) is 0 Å². The average Bonchev–Trinajstić information content (AvgIpc) is 3.14. The van der Waals surface area contributed by atoms with E-state index in [2.05, 4.69) is 10.3 Å². The van der Waals surface area contributed by atoms with Gasteiger partial charge >= 0.3 is 0 Å². The van der Waals surface area contributed by atoms with E-state index in [4.69, 9.17) is 10.5 Å². The van der Waals surface area contributed by atoms with Crippen molar-refractivity contribution in [3.05, 3.63) is 41.6 Å². The number of carbonyl (C=O) groups is 1. The molecule has 3 rings (SSSR count). The van der Waals surface area contributed by atoms with Crippen molar-refractivity contribution in [2.45, 2.75) is 13.3 Å². The molecule has 1 fully saturated rings. The molecule has 0 radical (unpaired) electrons. The van der Waals surface area contributed by atoms with Crippen LogP contribution in [0, 0.1) is 12.8 Å². The number of aromatic amines is 1. The van der Waals surface area contributed by atoms with Gasteiger partial charge in [-0.1, -0.05) is 18.2 Å². The number of benzene rings is 1. The number of amides is 1. The number of hydrogen-bond acceptors (Lipinski definition) is 3. The number of para-hydroxylation sites is 1. The van der Waals surface area contributed by atoms with E-state index in [1.165, 1.54) is 0 Å². The van der Waals surface area contributed by atoms with Gasteiger partial charge in [0.1, 0.15) is 0 Å². The highest BCUT2D eigenvalue weighted by Gasteiger charge is 2.17. The smallest absolute Gasteiger partial charge is 0.250 e. The zero-order chi connectivity index (χ0) is 15.5. The Morgan fingerprint density at radius 3 is 2.95 bits per heavy atom. The van der Waals surface area contributed by atoms with Crippen LogP contribution in [0.4, 0.5) is 5.69 Å². The molecule has 2 heterocycles. The van der Waals surface area contributed by atoms with Gasteiger partial charge in [-0.15, -0.1) is 0 Å². The number of nitrogens with two attached hydrogens (primary N) is 1. The maximum absolute atomic E-state index is 11.4. The summed E-state index contributed by atoms with van der Waals surface area (Å²) in [4.78, 5) is 14.7. The minimum atomic E-state index is -0.409. The maximum Gasteiger partial charge on any atom is 0.250 e. The molecule has 2 aromatic rings. The van der Waals surface area contributed by atoms with Crippen LogP contribution in [0.15, 0.2) is 30.3 Å². The largest absolute Gasteiger partial charge is 0.384 e. The summed E-state index contributed by atoms with van der Waals surface area (Å²) in [6.07, 6.45) is 1.10. The number of aromatic nitrogens is 1. The number of H-pyrrole nitrogens is 1. The normalized spacial score (nSPS) is 17.6. The SMILES string of the molecule is Cc1[nH]c(-c2ccccc2NCC2CCOC2)cc1C(N)=O. The van der Waals surface area contributed by atoms with Crippen LogP contribution >= 0.6 is 0 Å². The van der Waals surface area contributed by atoms with Crippen LogP contribution in [-0.2, 0) is 4.74 Å². The number of rotatable bonds is 5. The molecule has 1 saturated heterocycles. The second-order valence-electron chi connectivity index (χ2n) is 5.74. The van der Waals surface area contributed by atoms with E-state index in [1.807, 2.05) is 37.3 Å². The van der Waals surface area contributed by atoms with E-state index in [-0.39, 0.29) is 0 Å². The molecule has 1 unspecified atom stereocenters. The quantitative estimate of drug-likeness (QED) is 0.793. The fraction of sp³-hybridized carbons (Fsp3) is 0.353. The number of hydrogen-bond donors (Lipinski definition) is 3. The van der Waals surface area contributed by atoms with Crippen molar-refractivity contribution in [3.8, 4) is 11.3 Å². The molecule has 1 aromatic heterocycles. The van der Waals surface area contributed by atoms with Gasteiger partial charge in [0.05, 0.1) is 12.2 Å². The molecule has 116 valence electrons. The molecule has 1 aromatic carbocycles. The van der Waals surface area contributed by atoms with Crippen molar-refractivity contribution in [3.63, 3.8) is 0 Å². The molecule has 1 aliphatic heterocycles. The summed E-state index contributed by atoms with van der Waals surface area (Å²) < 4.78 is 5.41. The van der Waals surface area contributed by atoms with Crippen LogP contribution in [0.2, 0.25) is 0 Å². The Morgan fingerprint density at radius 1 is 1.45 bits per heavy atom. The maximum atomic E-state index is 11.4. The molecule has 0 saturated carbocycles. The van der Waals surface area contributed by atoms with Crippen molar-refractivity contribution < 1.29 is 9.53 Å². The van der Waals surface area contributed by atoms with E-state index in [1.54, 1.807) is 0 Å². The van der Waals surface area contributed by atoms with Crippen molar-refractivity contribution in [2.75, 3.05) is 25.1 Å². The van der Waals surface area contributed by atoms with Crippen LogP contribution in [0.5, 0.6) is 0 Å². The lowest BCUT2D eigenvalue weighted by Gasteiger charge is -2.14. The summed E-state index contributed by atoms with van der Waals surface area (Å²) in [5, 5.41) is 3.50. The third kappa shape index (κ3) is 2.99. The number of anilines is 1. The summed E-state index contributed by atoms with van der Waals surface area (Å²) in [5.74, 6) is 0.146. The van der Waals surface area contributed by atoms with Gasteiger partial charge in [0.2, 0.25) is 0 Å². The third-order valence-electron chi connectivity index (χ3n) is 4.10. The Morgan fingerprint density at radius 2 is 2.27 bits per heavy atom. The Labute approximate surface area is 129 Å². The molecule has 5 nitrogen and oxygen atoms in total.